The van der Waals surface area contributed by atoms with Gasteiger partial charge in [0.15, 0.2) is 17.1 Å². The van der Waals surface area contributed by atoms with Gasteiger partial charge in [0.25, 0.3) is 0 Å². The highest BCUT2D eigenvalue weighted by atomic mass is 16.5. The molecule has 4 rings (SSSR count). The molecule has 0 aliphatic heterocycles. The number of carbonyl (C=O) groups is 1. The molecule has 0 fully saturated rings. The van der Waals surface area contributed by atoms with Gasteiger partial charge in [0.1, 0.15) is 6.33 Å². The van der Waals surface area contributed by atoms with E-state index in [9.17, 15) is 9.90 Å². The summed E-state index contributed by atoms with van der Waals surface area (Å²) in [7, 11) is 1.27. The summed E-state index contributed by atoms with van der Waals surface area (Å²) in [5.74, 6) is -0.824. The van der Waals surface area contributed by atoms with Crippen molar-refractivity contribution >= 4 is 22.4 Å². The number of nitrogens with zero attached hydrogens (tertiary/aromatic N) is 3. The zero-order valence-corrected chi connectivity index (χ0v) is 13.7. The number of fused-ring (bicyclic) bond motifs is 3. The minimum Gasteiger partial charge on any atom is -0.505 e. The summed E-state index contributed by atoms with van der Waals surface area (Å²) < 4.78 is 6.14. The number of hydrogen-bond donors (Lipinski definition) is 1. The number of aromatic nitrogens is 3. The first kappa shape index (κ1) is 15.1. The normalized spacial score (nSPS) is 11.1. The van der Waals surface area contributed by atoms with E-state index in [1.165, 1.54) is 18.0 Å². The van der Waals surface area contributed by atoms with Crippen molar-refractivity contribution in [2.45, 2.75) is 6.92 Å². The second-order valence-electron chi connectivity index (χ2n) is 5.73. The molecule has 0 saturated heterocycles. The first-order valence-electron chi connectivity index (χ1n) is 7.75. The smallest absolute Gasteiger partial charge is 0.360 e. The molecule has 0 aliphatic carbocycles. The van der Waals surface area contributed by atoms with E-state index in [2.05, 4.69) is 10.1 Å². The Kier molecular flexibility index (Phi) is 3.39. The molecule has 0 radical (unpaired) electrons. The molecular formula is C19H15N3O3. The monoisotopic (exact) mass is 333 g/mol. The Morgan fingerprint density at radius 1 is 1.12 bits per heavy atom. The average molecular weight is 333 g/mol. The van der Waals surface area contributed by atoms with Gasteiger partial charge in [-0.1, -0.05) is 42.5 Å². The second-order valence-corrected chi connectivity index (χ2v) is 5.73. The summed E-state index contributed by atoms with van der Waals surface area (Å²) in [5.41, 5.74) is 3.20. The van der Waals surface area contributed by atoms with Crippen LogP contribution in [0.3, 0.4) is 0 Å². The zero-order valence-electron chi connectivity index (χ0n) is 13.7. The van der Waals surface area contributed by atoms with Gasteiger partial charge in [-0.3, -0.25) is 0 Å². The molecule has 0 aliphatic rings. The topological polar surface area (TPSA) is 76.7 Å². The van der Waals surface area contributed by atoms with E-state index < -0.39 is 5.97 Å². The molecule has 0 unspecified atom stereocenters. The Bertz CT molecular complexity index is 1120. The van der Waals surface area contributed by atoms with E-state index in [1.807, 2.05) is 49.4 Å². The van der Waals surface area contributed by atoms with Crippen LogP contribution >= 0.6 is 0 Å². The molecular weight excluding hydrogens is 318 g/mol. The zero-order chi connectivity index (χ0) is 17.6. The number of rotatable bonds is 2. The molecule has 0 amide bonds. The number of hydrogen-bond acceptors (Lipinski definition) is 5. The van der Waals surface area contributed by atoms with Crippen molar-refractivity contribution < 1.29 is 14.6 Å². The number of benzene rings is 2. The quantitative estimate of drug-likeness (QED) is 0.569. The molecule has 2 heterocycles. The van der Waals surface area contributed by atoms with Gasteiger partial charge in [-0.15, -0.1) is 0 Å². The number of aryl methyl sites for hydroxylation is 1. The third-order valence-corrected chi connectivity index (χ3v) is 4.32. The molecule has 124 valence electrons. The summed E-state index contributed by atoms with van der Waals surface area (Å²) in [6.07, 6.45) is 1.36. The molecule has 0 saturated carbocycles. The Morgan fingerprint density at radius 2 is 1.88 bits per heavy atom. The van der Waals surface area contributed by atoms with Crippen molar-refractivity contribution in [2.24, 2.45) is 0 Å². The van der Waals surface area contributed by atoms with Gasteiger partial charge < -0.3 is 9.84 Å². The van der Waals surface area contributed by atoms with Crippen molar-refractivity contribution in [1.29, 1.82) is 0 Å². The Balaban J connectivity index is 2.24. The van der Waals surface area contributed by atoms with Gasteiger partial charge >= 0.3 is 5.97 Å². The van der Waals surface area contributed by atoms with E-state index in [1.54, 1.807) is 0 Å². The highest BCUT2D eigenvalue weighted by Crippen LogP contribution is 2.39. The lowest BCUT2D eigenvalue weighted by atomic mass is 9.95. The van der Waals surface area contributed by atoms with Crippen LogP contribution in [0.2, 0.25) is 0 Å². The molecule has 6 heteroatoms. The van der Waals surface area contributed by atoms with E-state index >= 15 is 0 Å². The van der Waals surface area contributed by atoms with E-state index in [0.29, 0.717) is 11.0 Å². The van der Waals surface area contributed by atoms with Crippen LogP contribution in [0.5, 0.6) is 5.75 Å². The Hall–Kier alpha value is -3.41. The lowest BCUT2D eigenvalue weighted by molar-refractivity contribution is 0.0587. The van der Waals surface area contributed by atoms with Crippen LogP contribution in [0.25, 0.3) is 27.5 Å². The summed E-state index contributed by atoms with van der Waals surface area (Å²) in [4.78, 5) is 16.5. The number of methoxy groups -OCH3 is 1. The molecule has 0 atom stereocenters. The molecule has 25 heavy (non-hydrogen) atoms. The highest BCUT2D eigenvalue weighted by molar-refractivity contribution is 6.12. The molecule has 0 spiro atoms. The Labute approximate surface area is 143 Å². The van der Waals surface area contributed by atoms with Gasteiger partial charge in [-0.25, -0.2) is 14.3 Å². The predicted molar refractivity (Wildman–Crippen MR) is 93.7 cm³/mol. The first-order chi connectivity index (χ1) is 12.1. The first-order valence-corrected chi connectivity index (χ1v) is 7.75. The van der Waals surface area contributed by atoms with Crippen LogP contribution in [0.15, 0.2) is 48.8 Å². The fraction of sp³-hybridized carbons (Fsp3) is 0.105. The SMILES string of the molecule is COC(=O)c1c(O)c2c(C)ccc(-c3ccccc3)c2c2ncnn12. The number of ether oxygens (including phenoxy) is 1. The lowest BCUT2D eigenvalue weighted by Gasteiger charge is -2.14. The third-order valence-electron chi connectivity index (χ3n) is 4.32. The number of pyridine rings is 1. The molecule has 0 bridgehead atoms. The summed E-state index contributed by atoms with van der Waals surface area (Å²) in [6.45, 7) is 1.88. The molecule has 1 N–H and O–H groups in total. The number of aromatic hydroxyl groups is 1. The standard InChI is InChI=1S/C19H15N3O3/c1-11-8-9-13(12-6-4-3-5-7-12)15-14(11)17(23)16(19(24)25-2)22-18(15)20-10-21-22/h3-10,23H,1-2H3. The van der Waals surface area contributed by atoms with Crippen LogP contribution in [0, 0.1) is 6.92 Å². The van der Waals surface area contributed by atoms with Crippen molar-refractivity contribution in [1.82, 2.24) is 14.6 Å². The van der Waals surface area contributed by atoms with E-state index in [4.69, 9.17) is 4.74 Å². The van der Waals surface area contributed by atoms with Gasteiger partial charge in [-0.2, -0.15) is 5.10 Å². The number of carbonyl (C=O) groups excluding carboxylic acids is 1. The lowest BCUT2D eigenvalue weighted by Crippen LogP contribution is -2.10. The molecule has 4 aromatic rings. The van der Waals surface area contributed by atoms with Gasteiger partial charge in [-0.05, 0) is 23.6 Å². The van der Waals surface area contributed by atoms with Crippen LogP contribution in [0.4, 0.5) is 0 Å². The van der Waals surface area contributed by atoms with Gasteiger partial charge in [0.2, 0.25) is 0 Å². The van der Waals surface area contributed by atoms with Crippen molar-refractivity contribution in [3.63, 3.8) is 0 Å². The maximum absolute atomic E-state index is 12.2. The van der Waals surface area contributed by atoms with Crippen LogP contribution in [-0.4, -0.2) is 32.8 Å². The molecule has 2 aromatic heterocycles. The maximum atomic E-state index is 12.2. The maximum Gasteiger partial charge on any atom is 0.360 e. The summed E-state index contributed by atoms with van der Waals surface area (Å²) in [5, 5.41) is 16.3. The van der Waals surface area contributed by atoms with E-state index in [0.717, 1.165) is 22.1 Å². The fourth-order valence-corrected chi connectivity index (χ4v) is 3.18. The van der Waals surface area contributed by atoms with E-state index in [-0.39, 0.29) is 11.4 Å². The summed E-state index contributed by atoms with van der Waals surface area (Å²) in [6, 6.07) is 13.7. The summed E-state index contributed by atoms with van der Waals surface area (Å²) >= 11 is 0. The highest BCUT2D eigenvalue weighted by Gasteiger charge is 2.24. The van der Waals surface area contributed by atoms with Crippen molar-refractivity contribution in [3.05, 3.63) is 60.0 Å². The van der Waals surface area contributed by atoms with Crippen LogP contribution < -0.4 is 0 Å². The molecule has 2 aromatic carbocycles. The largest absolute Gasteiger partial charge is 0.505 e. The minimum atomic E-state index is -0.667. The Morgan fingerprint density at radius 3 is 2.60 bits per heavy atom. The van der Waals surface area contributed by atoms with Crippen LogP contribution in [0.1, 0.15) is 16.1 Å². The third kappa shape index (κ3) is 2.15. The predicted octanol–water partition coefficient (Wildman–Crippen LogP) is 3.35. The molecule has 6 nitrogen and oxygen atoms in total. The van der Waals surface area contributed by atoms with Crippen molar-refractivity contribution in [3.8, 4) is 16.9 Å². The van der Waals surface area contributed by atoms with Crippen LogP contribution in [-0.2, 0) is 4.74 Å². The average Bonchev–Trinajstić information content (AvgIpc) is 3.11. The van der Waals surface area contributed by atoms with Crippen molar-refractivity contribution in [2.75, 3.05) is 7.11 Å². The van der Waals surface area contributed by atoms with Gasteiger partial charge in [0, 0.05) is 10.8 Å². The second kappa shape index (κ2) is 5.59. The fourth-order valence-electron chi connectivity index (χ4n) is 3.18. The van der Waals surface area contributed by atoms with Gasteiger partial charge in [0.05, 0.1) is 7.11 Å². The number of esters is 1. The minimum absolute atomic E-state index is 0.0317.